The van der Waals surface area contributed by atoms with Crippen molar-refractivity contribution in [3.05, 3.63) is 128 Å². The first kappa shape index (κ1) is 23.4. The fourth-order valence-corrected chi connectivity index (χ4v) is 6.70. The summed E-state index contributed by atoms with van der Waals surface area (Å²) in [6, 6.07) is 39.3. The van der Waals surface area contributed by atoms with E-state index in [1.165, 1.54) is 0 Å². The van der Waals surface area contributed by atoms with Gasteiger partial charge in [0.05, 0.1) is 11.0 Å². The highest BCUT2D eigenvalue weighted by Crippen LogP contribution is 2.39. The molecule has 0 bridgehead atoms. The second kappa shape index (κ2) is 8.69. The van der Waals surface area contributed by atoms with E-state index in [0.717, 1.165) is 81.9 Å². The first-order chi connectivity index (χ1) is 21.8. The fraction of sp³-hybridized carbons (Fsp3) is 0. The van der Waals surface area contributed by atoms with E-state index in [9.17, 15) is 0 Å². The Hall–Kier alpha value is -6.14. The second-order valence-electron chi connectivity index (χ2n) is 11.1. The van der Waals surface area contributed by atoms with Gasteiger partial charge in [0.2, 0.25) is 5.95 Å². The number of para-hydroxylation sites is 2. The Balaban J connectivity index is 1.33. The highest BCUT2D eigenvalue weighted by atomic mass is 16.3. The summed E-state index contributed by atoms with van der Waals surface area (Å²) in [6.07, 6.45) is 3.87. The van der Waals surface area contributed by atoms with Gasteiger partial charge in [0.1, 0.15) is 22.2 Å². The lowest BCUT2D eigenvalue weighted by Gasteiger charge is -2.12. The molecule has 0 atom stereocenters. The van der Waals surface area contributed by atoms with Crippen LogP contribution in [-0.2, 0) is 0 Å². The van der Waals surface area contributed by atoms with Crippen LogP contribution in [0.1, 0.15) is 0 Å². The van der Waals surface area contributed by atoms with Crippen molar-refractivity contribution < 1.29 is 4.42 Å². The van der Waals surface area contributed by atoms with Crippen molar-refractivity contribution in [2.75, 3.05) is 0 Å². The molecule has 0 fully saturated rings. The molecular formula is C38H21N5O. The third-order valence-corrected chi connectivity index (χ3v) is 8.70. The van der Waals surface area contributed by atoms with Crippen molar-refractivity contribution in [1.82, 2.24) is 24.5 Å². The van der Waals surface area contributed by atoms with Gasteiger partial charge in [0, 0.05) is 50.3 Å². The number of fused-ring (bicyclic) bond motifs is 12. The summed E-state index contributed by atoms with van der Waals surface area (Å²) in [6.45, 7) is 0. The third-order valence-electron chi connectivity index (χ3n) is 8.70. The van der Waals surface area contributed by atoms with Crippen LogP contribution in [0.15, 0.2) is 132 Å². The predicted octanol–water partition coefficient (Wildman–Crippen LogP) is 9.39. The molecule has 10 rings (SSSR count). The van der Waals surface area contributed by atoms with Crippen LogP contribution in [0.2, 0.25) is 0 Å². The molecule has 204 valence electrons. The van der Waals surface area contributed by atoms with Crippen molar-refractivity contribution in [2.45, 2.75) is 0 Å². The third kappa shape index (κ3) is 3.19. The Labute approximate surface area is 249 Å². The average Bonchev–Trinajstić information content (AvgIpc) is 3.62. The molecule has 4 heterocycles. The largest absolute Gasteiger partial charge is 0.456 e. The Bertz CT molecular complexity index is 2780. The van der Waals surface area contributed by atoms with Crippen LogP contribution < -0.4 is 0 Å². The van der Waals surface area contributed by atoms with E-state index in [0.29, 0.717) is 11.8 Å². The molecule has 0 radical (unpaired) electrons. The molecule has 0 unspecified atom stereocenters. The standard InChI is InChI=1S/C38H21N5O/c1-2-10-22(11-3-1)37-39-20-29-23-12-4-5-13-24(23)30-21-40-38(42-36(30)35(29)41-37)43-31-16-8-6-14-25(31)27-19-34-28(18-32(27)43)26-15-7-9-17-33(26)44-34/h1-21H. The molecular weight excluding hydrogens is 542 g/mol. The molecule has 6 aromatic carbocycles. The lowest BCUT2D eigenvalue weighted by molar-refractivity contribution is 0.669. The lowest BCUT2D eigenvalue weighted by atomic mass is 10.0. The molecule has 0 N–H and O–H groups in total. The van der Waals surface area contributed by atoms with E-state index >= 15 is 0 Å². The van der Waals surface area contributed by atoms with Crippen molar-refractivity contribution in [2.24, 2.45) is 0 Å². The van der Waals surface area contributed by atoms with Gasteiger partial charge in [-0.3, -0.25) is 4.57 Å². The molecule has 6 nitrogen and oxygen atoms in total. The van der Waals surface area contributed by atoms with Gasteiger partial charge in [-0.1, -0.05) is 91.0 Å². The molecule has 0 spiro atoms. The number of nitrogens with zero attached hydrogens (tertiary/aromatic N) is 5. The van der Waals surface area contributed by atoms with Crippen molar-refractivity contribution in [1.29, 1.82) is 0 Å². The minimum Gasteiger partial charge on any atom is -0.456 e. The van der Waals surface area contributed by atoms with Crippen LogP contribution in [0.5, 0.6) is 0 Å². The van der Waals surface area contributed by atoms with Gasteiger partial charge >= 0.3 is 0 Å². The van der Waals surface area contributed by atoms with Gasteiger partial charge in [-0.2, -0.15) is 0 Å². The number of aromatic nitrogens is 5. The van der Waals surface area contributed by atoms with E-state index in [1.54, 1.807) is 0 Å². The first-order valence-corrected chi connectivity index (χ1v) is 14.6. The normalized spacial score (nSPS) is 12.1. The fourth-order valence-electron chi connectivity index (χ4n) is 6.70. The smallest absolute Gasteiger partial charge is 0.235 e. The Morgan fingerprint density at radius 2 is 1.11 bits per heavy atom. The Kier molecular flexibility index (Phi) is 4.63. The molecule has 0 aliphatic rings. The Morgan fingerprint density at radius 1 is 0.455 bits per heavy atom. The van der Waals surface area contributed by atoms with E-state index in [-0.39, 0.29) is 0 Å². The van der Waals surface area contributed by atoms with Crippen molar-refractivity contribution >= 4 is 76.3 Å². The van der Waals surface area contributed by atoms with E-state index < -0.39 is 0 Å². The highest BCUT2D eigenvalue weighted by molar-refractivity contribution is 6.23. The summed E-state index contributed by atoms with van der Waals surface area (Å²) in [4.78, 5) is 20.2. The van der Waals surface area contributed by atoms with Gasteiger partial charge in [-0.25, -0.2) is 19.9 Å². The summed E-state index contributed by atoms with van der Waals surface area (Å²) >= 11 is 0. The maximum atomic E-state index is 6.26. The van der Waals surface area contributed by atoms with Crippen LogP contribution in [0, 0.1) is 0 Å². The molecule has 0 aliphatic heterocycles. The maximum Gasteiger partial charge on any atom is 0.235 e. The van der Waals surface area contributed by atoms with Crippen LogP contribution in [-0.4, -0.2) is 24.5 Å². The molecule has 10 aromatic rings. The number of hydrogen-bond acceptors (Lipinski definition) is 5. The van der Waals surface area contributed by atoms with Gasteiger partial charge < -0.3 is 4.42 Å². The molecule has 0 amide bonds. The van der Waals surface area contributed by atoms with Gasteiger partial charge in [0.25, 0.3) is 0 Å². The van der Waals surface area contributed by atoms with Gasteiger partial charge in [0.15, 0.2) is 5.82 Å². The van der Waals surface area contributed by atoms with Gasteiger partial charge in [-0.05, 0) is 35.0 Å². The second-order valence-corrected chi connectivity index (χ2v) is 11.1. The van der Waals surface area contributed by atoms with Crippen LogP contribution >= 0.6 is 0 Å². The molecule has 44 heavy (non-hydrogen) atoms. The van der Waals surface area contributed by atoms with E-state index in [4.69, 9.17) is 24.4 Å². The topological polar surface area (TPSA) is 69.6 Å². The minimum atomic E-state index is 0.590. The maximum absolute atomic E-state index is 6.26. The van der Waals surface area contributed by atoms with Crippen LogP contribution in [0.25, 0.3) is 93.7 Å². The molecule has 0 saturated carbocycles. The molecule has 0 aliphatic carbocycles. The molecule has 0 saturated heterocycles. The quantitative estimate of drug-likeness (QED) is 0.196. The highest BCUT2D eigenvalue weighted by Gasteiger charge is 2.19. The minimum absolute atomic E-state index is 0.590. The van der Waals surface area contributed by atoms with Crippen molar-refractivity contribution in [3.8, 4) is 17.3 Å². The summed E-state index contributed by atoms with van der Waals surface area (Å²) in [5, 5.41) is 8.43. The monoisotopic (exact) mass is 563 g/mol. The summed E-state index contributed by atoms with van der Waals surface area (Å²) < 4.78 is 8.42. The molecule has 6 heteroatoms. The van der Waals surface area contributed by atoms with Crippen molar-refractivity contribution in [3.63, 3.8) is 0 Å². The van der Waals surface area contributed by atoms with Crippen LogP contribution in [0.4, 0.5) is 0 Å². The van der Waals surface area contributed by atoms with Crippen LogP contribution in [0.3, 0.4) is 0 Å². The summed E-state index contributed by atoms with van der Waals surface area (Å²) in [5.74, 6) is 1.26. The lowest BCUT2D eigenvalue weighted by Crippen LogP contribution is -2.02. The number of furan rings is 1. The zero-order chi connectivity index (χ0) is 28.8. The number of benzene rings is 6. The Morgan fingerprint density at radius 3 is 1.93 bits per heavy atom. The number of rotatable bonds is 2. The van der Waals surface area contributed by atoms with Gasteiger partial charge in [-0.15, -0.1) is 0 Å². The summed E-state index contributed by atoms with van der Waals surface area (Å²) in [7, 11) is 0. The first-order valence-electron chi connectivity index (χ1n) is 14.6. The SMILES string of the molecule is c1ccc(-c2ncc3c4ccccc4c4cnc(-n5c6ccccc6c6cc7oc8ccccc8c7cc65)nc4c3n2)cc1. The summed E-state index contributed by atoms with van der Waals surface area (Å²) in [5.41, 5.74) is 6.36. The zero-order valence-corrected chi connectivity index (χ0v) is 23.3. The molecule has 4 aromatic heterocycles. The van der Waals surface area contributed by atoms with E-state index in [1.807, 2.05) is 73.1 Å². The van der Waals surface area contributed by atoms with E-state index in [2.05, 4.69) is 59.2 Å². The average molecular weight is 564 g/mol. The predicted molar refractivity (Wildman–Crippen MR) is 177 cm³/mol. The number of hydrogen-bond donors (Lipinski definition) is 0. The zero-order valence-electron chi connectivity index (χ0n) is 23.3.